The minimum atomic E-state index is -0.397. The van der Waals surface area contributed by atoms with Crippen molar-refractivity contribution in [2.24, 2.45) is 10.7 Å². The number of hydrogen-bond donors (Lipinski definition) is 3. The summed E-state index contributed by atoms with van der Waals surface area (Å²) < 4.78 is 0.914. The van der Waals surface area contributed by atoms with E-state index < -0.39 is 5.91 Å². The van der Waals surface area contributed by atoms with Crippen molar-refractivity contribution in [2.75, 3.05) is 5.32 Å². The molecule has 0 saturated carbocycles. The summed E-state index contributed by atoms with van der Waals surface area (Å²) in [6.07, 6.45) is 1.46. The SMILES string of the molecule is N/C(=C(\C=Nc1ccccc1)C(=O)Nc1ccc(O)cc1)c1ccc(Br)cc1. The number of nitrogens with one attached hydrogen (secondary N) is 1. The summed E-state index contributed by atoms with van der Waals surface area (Å²) in [6, 6.07) is 22.8. The summed E-state index contributed by atoms with van der Waals surface area (Å²) in [5, 5.41) is 12.2. The molecule has 0 aliphatic rings. The highest BCUT2D eigenvalue weighted by Crippen LogP contribution is 2.20. The smallest absolute Gasteiger partial charge is 0.259 e. The average molecular weight is 436 g/mol. The van der Waals surface area contributed by atoms with Crippen LogP contribution in [0.2, 0.25) is 0 Å². The number of nitrogens with zero attached hydrogens (tertiary/aromatic N) is 1. The number of hydrogen-bond acceptors (Lipinski definition) is 4. The van der Waals surface area contributed by atoms with E-state index in [2.05, 4.69) is 26.2 Å². The van der Waals surface area contributed by atoms with Gasteiger partial charge < -0.3 is 16.2 Å². The Morgan fingerprint density at radius 2 is 1.61 bits per heavy atom. The summed E-state index contributed by atoms with van der Waals surface area (Å²) in [6.45, 7) is 0. The summed E-state index contributed by atoms with van der Waals surface area (Å²) in [5.74, 6) is -0.278. The fourth-order valence-electron chi connectivity index (χ4n) is 2.43. The second kappa shape index (κ2) is 9.01. The molecule has 0 radical (unpaired) electrons. The van der Waals surface area contributed by atoms with E-state index >= 15 is 0 Å². The van der Waals surface area contributed by atoms with Crippen LogP contribution >= 0.6 is 15.9 Å². The van der Waals surface area contributed by atoms with Crippen LogP contribution in [0, 0.1) is 0 Å². The van der Waals surface area contributed by atoms with Crippen molar-refractivity contribution < 1.29 is 9.90 Å². The molecule has 140 valence electrons. The van der Waals surface area contributed by atoms with Crippen LogP contribution in [0.5, 0.6) is 5.75 Å². The van der Waals surface area contributed by atoms with Gasteiger partial charge in [-0.05, 0) is 54.1 Å². The van der Waals surface area contributed by atoms with Crippen LogP contribution in [0.25, 0.3) is 5.70 Å². The number of nitrogens with two attached hydrogens (primary N) is 1. The van der Waals surface area contributed by atoms with Gasteiger partial charge in [0.2, 0.25) is 0 Å². The lowest BCUT2D eigenvalue weighted by atomic mass is 10.1. The van der Waals surface area contributed by atoms with Crippen LogP contribution in [0.3, 0.4) is 0 Å². The average Bonchev–Trinajstić information content (AvgIpc) is 2.71. The number of carbonyl (C=O) groups excluding carboxylic acids is 1. The zero-order valence-corrected chi connectivity index (χ0v) is 16.4. The molecule has 0 heterocycles. The first-order valence-electron chi connectivity index (χ1n) is 8.48. The van der Waals surface area contributed by atoms with E-state index in [1.54, 1.807) is 12.1 Å². The third kappa shape index (κ3) is 5.08. The highest BCUT2D eigenvalue weighted by Gasteiger charge is 2.14. The van der Waals surface area contributed by atoms with E-state index in [1.165, 1.54) is 18.3 Å². The number of rotatable bonds is 5. The number of aliphatic imine (C=N–C) groups is 1. The number of para-hydroxylation sites is 1. The molecule has 28 heavy (non-hydrogen) atoms. The molecular weight excluding hydrogens is 418 g/mol. The van der Waals surface area contributed by atoms with Gasteiger partial charge in [-0.2, -0.15) is 0 Å². The minimum Gasteiger partial charge on any atom is -0.508 e. The van der Waals surface area contributed by atoms with Crippen LogP contribution < -0.4 is 11.1 Å². The molecule has 3 aromatic rings. The van der Waals surface area contributed by atoms with Crippen molar-refractivity contribution in [3.05, 3.63) is 94.5 Å². The zero-order valence-electron chi connectivity index (χ0n) is 14.8. The molecule has 0 saturated heterocycles. The summed E-state index contributed by atoms with van der Waals surface area (Å²) in [5.41, 5.74) is 8.80. The second-order valence-electron chi connectivity index (χ2n) is 5.93. The predicted molar refractivity (Wildman–Crippen MR) is 117 cm³/mol. The largest absolute Gasteiger partial charge is 0.508 e. The topological polar surface area (TPSA) is 87.7 Å². The van der Waals surface area contributed by atoms with Crippen molar-refractivity contribution in [3.8, 4) is 5.75 Å². The third-order valence-electron chi connectivity index (χ3n) is 3.91. The van der Waals surface area contributed by atoms with Gasteiger partial charge in [0.15, 0.2) is 0 Å². The minimum absolute atomic E-state index is 0.119. The van der Waals surface area contributed by atoms with Gasteiger partial charge >= 0.3 is 0 Å². The number of amides is 1. The molecule has 6 heteroatoms. The molecular formula is C22H18BrN3O2. The van der Waals surface area contributed by atoms with Gasteiger partial charge in [0, 0.05) is 16.4 Å². The Balaban J connectivity index is 1.96. The molecule has 0 bridgehead atoms. The Morgan fingerprint density at radius 1 is 0.964 bits per heavy atom. The normalized spacial score (nSPS) is 11.9. The van der Waals surface area contributed by atoms with Crippen molar-refractivity contribution >= 4 is 45.1 Å². The summed E-state index contributed by atoms with van der Waals surface area (Å²) in [7, 11) is 0. The first kappa shape index (κ1) is 19.4. The van der Waals surface area contributed by atoms with Gasteiger partial charge in [0.05, 0.1) is 17.0 Å². The van der Waals surface area contributed by atoms with Crippen LogP contribution in [0.4, 0.5) is 11.4 Å². The number of aromatic hydroxyl groups is 1. The molecule has 3 aromatic carbocycles. The highest BCUT2D eigenvalue weighted by molar-refractivity contribution is 9.10. The van der Waals surface area contributed by atoms with E-state index in [0.29, 0.717) is 22.6 Å². The Morgan fingerprint density at radius 3 is 2.25 bits per heavy atom. The Hall–Kier alpha value is -3.38. The van der Waals surface area contributed by atoms with Gasteiger partial charge in [-0.15, -0.1) is 0 Å². The fraction of sp³-hybridized carbons (Fsp3) is 0. The van der Waals surface area contributed by atoms with Crippen LogP contribution in [0.1, 0.15) is 5.56 Å². The van der Waals surface area contributed by atoms with E-state index in [-0.39, 0.29) is 11.3 Å². The van der Waals surface area contributed by atoms with Gasteiger partial charge in [-0.3, -0.25) is 9.79 Å². The van der Waals surface area contributed by atoms with E-state index in [4.69, 9.17) is 5.73 Å². The van der Waals surface area contributed by atoms with Gasteiger partial charge in [-0.25, -0.2) is 0 Å². The van der Waals surface area contributed by atoms with E-state index in [9.17, 15) is 9.90 Å². The van der Waals surface area contributed by atoms with Crippen LogP contribution in [-0.4, -0.2) is 17.2 Å². The number of phenols is 1. The maximum Gasteiger partial charge on any atom is 0.259 e. The van der Waals surface area contributed by atoms with Crippen molar-refractivity contribution in [1.82, 2.24) is 0 Å². The molecule has 0 atom stereocenters. The molecule has 0 spiro atoms. The molecule has 0 fully saturated rings. The molecule has 1 amide bonds. The quantitative estimate of drug-likeness (QED) is 0.303. The molecule has 0 aliphatic carbocycles. The molecule has 0 unspecified atom stereocenters. The van der Waals surface area contributed by atoms with Gasteiger partial charge in [-0.1, -0.05) is 46.3 Å². The first-order valence-corrected chi connectivity index (χ1v) is 9.27. The molecule has 0 aromatic heterocycles. The molecule has 4 N–H and O–H groups in total. The predicted octanol–water partition coefficient (Wildman–Crippen LogP) is 4.87. The lowest BCUT2D eigenvalue weighted by Gasteiger charge is -2.10. The Kier molecular flexibility index (Phi) is 6.24. The third-order valence-corrected chi connectivity index (χ3v) is 4.44. The summed E-state index contributed by atoms with van der Waals surface area (Å²) in [4.78, 5) is 17.3. The van der Waals surface area contributed by atoms with Crippen LogP contribution in [0.15, 0.2) is 93.9 Å². The number of phenolic OH excluding ortho intramolecular Hbond substituents is 1. The van der Waals surface area contributed by atoms with Gasteiger partial charge in [0.25, 0.3) is 5.91 Å². The number of halogens is 1. The molecule has 0 aliphatic heterocycles. The van der Waals surface area contributed by atoms with Crippen LogP contribution in [-0.2, 0) is 4.79 Å². The summed E-state index contributed by atoms with van der Waals surface area (Å²) >= 11 is 3.39. The van der Waals surface area contributed by atoms with Gasteiger partial charge in [0.1, 0.15) is 5.75 Å². The van der Waals surface area contributed by atoms with Crippen molar-refractivity contribution in [2.45, 2.75) is 0 Å². The van der Waals surface area contributed by atoms with Crippen molar-refractivity contribution in [3.63, 3.8) is 0 Å². The lowest BCUT2D eigenvalue weighted by Crippen LogP contribution is -2.19. The highest BCUT2D eigenvalue weighted by atomic mass is 79.9. The standard InChI is InChI=1S/C22H18BrN3O2/c23-16-8-6-15(7-9-16)21(24)20(14-25-17-4-2-1-3-5-17)22(28)26-18-10-12-19(27)13-11-18/h1-14,27H,24H2,(H,26,28)/b21-20+,25-14?. The molecule has 5 nitrogen and oxygen atoms in total. The lowest BCUT2D eigenvalue weighted by molar-refractivity contribution is -0.112. The van der Waals surface area contributed by atoms with E-state index in [1.807, 2.05) is 54.6 Å². The number of benzene rings is 3. The first-order chi connectivity index (χ1) is 13.5. The number of carbonyl (C=O) groups is 1. The molecule has 3 rings (SSSR count). The zero-order chi connectivity index (χ0) is 19.9. The Labute approximate surface area is 171 Å². The Bertz CT molecular complexity index is 1010. The second-order valence-corrected chi connectivity index (χ2v) is 6.84. The maximum absolute atomic E-state index is 12.9. The maximum atomic E-state index is 12.9. The monoisotopic (exact) mass is 435 g/mol. The number of anilines is 1. The van der Waals surface area contributed by atoms with E-state index in [0.717, 1.165) is 4.47 Å². The van der Waals surface area contributed by atoms with Crippen molar-refractivity contribution in [1.29, 1.82) is 0 Å². The fourth-order valence-corrected chi connectivity index (χ4v) is 2.70.